The van der Waals surface area contributed by atoms with E-state index in [2.05, 4.69) is 62.4 Å². The predicted molar refractivity (Wildman–Crippen MR) is 118 cm³/mol. The molecular formula is C18H28N8O2S2. The highest BCUT2D eigenvalue weighted by molar-refractivity contribution is 7.15. The van der Waals surface area contributed by atoms with Gasteiger partial charge in [0.2, 0.25) is 10.3 Å². The van der Waals surface area contributed by atoms with E-state index in [1.165, 1.54) is 22.7 Å². The second-order valence-corrected chi connectivity index (χ2v) is 11.3. The molecule has 4 amide bonds. The molecule has 0 spiro atoms. The third kappa shape index (κ3) is 6.33. The fourth-order valence-electron chi connectivity index (χ4n) is 4.32. The first-order chi connectivity index (χ1) is 14.0. The zero-order chi connectivity index (χ0) is 21.9. The highest BCUT2D eigenvalue weighted by Crippen LogP contribution is 2.45. The van der Waals surface area contributed by atoms with Crippen molar-refractivity contribution in [1.82, 2.24) is 31.0 Å². The van der Waals surface area contributed by atoms with Gasteiger partial charge in [-0.1, -0.05) is 43.4 Å². The summed E-state index contributed by atoms with van der Waals surface area (Å²) < 4.78 is 0. The maximum atomic E-state index is 12.4. The molecule has 1 aliphatic rings. The van der Waals surface area contributed by atoms with Crippen molar-refractivity contribution in [3.05, 3.63) is 10.0 Å². The van der Waals surface area contributed by atoms with Crippen LogP contribution in [0.15, 0.2) is 0 Å². The largest absolute Gasteiger partial charge is 0.337 e. The number of urea groups is 2. The molecule has 4 N–H and O–H groups in total. The molecule has 1 saturated carbocycles. The van der Waals surface area contributed by atoms with Gasteiger partial charge in [-0.15, -0.1) is 20.4 Å². The summed E-state index contributed by atoms with van der Waals surface area (Å²) in [5.41, 5.74) is -0.133. The lowest BCUT2D eigenvalue weighted by Crippen LogP contribution is -2.51. The number of aromatic nitrogens is 4. The van der Waals surface area contributed by atoms with Crippen molar-refractivity contribution >= 4 is 45.0 Å². The number of rotatable bonds is 5. The van der Waals surface area contributed by atoms with Gasteiger partial charge < -0.3 is 10.6 Å². The number of hydrogen-bond donors (Lipinski definition) is 4. The lowest BCUT2D eigenvalue weighted by atomic mass is 9.62. The number of aryl methyl sites for hydroxylation is 2. The van der Waals surface area contributed by atoms with E-state index < -0.39 is 0 Å². The fourth-order valence-corrected chi connectivity index (χ4v) is 5.49. The summed E-state index contributed by atoms with van der Waals surface area (Å²) in [6.45, 7) is 10.7. The van der Waals surface area contributed by atoms with Gasteiger partial charge in [-0.2, -0.15) is 0 Å². The van der Waals surface area contributed by atoms with Gasteiger partial charge in [-0.05, 0) is 43.9 Å². The third-order valence-corrected chi connectivity index (χ3v) is 6.46. The standard InChI is InChI=1S/C18H28N8O2S2/c1-10-23-25-15(29-10)21-13(27)19-9-18(5)7-12(6-17(3,4)8-18)20-14(28)22-16-26-24-11(2)30-16/h12H,6-9H2,1-5H3,(H2,19,21,25,27)(H2,20,22,26,28)/t12-,18-/m0/s1. The summed E-state index contributed by atoms with van der Waals surface area (Å²) in [4.78, 5) is 24.7. The summed E-state index contributed by atoms with van der Waals surface area (Å²) in [5, 5.41) is 29.6. The Kier molecular flexibility index (Phi) is 6.56. The molecular weight excluding hydrogens is 424 g/mol. The Bertz CT molecular complexity index is 912. The zero-order valence-electron chi connectivity index (χ0n) is 17.8. The number of nitrogens with zero attached hydrogens (tertiary/aromatic N) is 4. The number of carbonyl (C=O) groups is 2. The molecule has 30 heavy (non-hydrogen) atoms. The van der Waals surface area contributed by atoms with E-state index in [9.17, 15) is 9.59 Å². The van der Waals surface area contributed by atoms with Crippen molar-refractivity contribution in [3.63, 3.8) is 0 Å². The lowest BCUT2D eigenvalue weighted by molar-refractivity contribution is 0.0761. The van der Waals surface area contributed by atoms with Crippen molar-refractivity contribution < 1.29 is 9.59 Å². The zero-order valence-corrected chi connectivity index (χ0v) is 19.5. The maximum absolute atomic E-state index is 12.4. The summed E-state index contributed by atoms with van der Waals surface area (Å²) in [6, 6.07) is -0.596. The second-order valence-electron chi connectivity index (χ2n) is 8.92. The molecule has 2 aromatic rings. The lowest BCUT2D eigenvalue weighted by Gasteiger charge is -2.46. The molecule has 0 aromatic carbocycles. The summed E-state index contributed by atoms with van der Waals surface area (Å²) in [6.07, 6.45) is 2.56. The second kappa shape index (κ2) is 8.80. The van der Waals surface area contributed by atoms with E-state index in [1.54, 1.807) is 0 Å². The Hall–Kier alpha value is -2.34. The highest BCUT2D eigenvalue weighted by atomic mass is 32.1. The minimum absolute atomic E-state index is 0.0107. The van der Waals surface area contributed by atoms with Crippen LogP contribution in [0.5, 0.6) is 0 Å². The number of amides is 4. The smallest absolute Gasteiger partial charge is 0.321 e. The van der Waals surface area contributed by atoms with Gasteiger partial charge in [0, 0.05) is 12.6 Å². The van der Waals surface area contributed by atoms with Crippen LogP contribution in [-0.4, -0.2) is 45.0 Å². The Labute approximate surface area is 183 Å². The van der Waals surface area contributed by atoms with E-state index >= 15 is 0 Å². The van der Waals surface area contributed by atoms with Crippen molar-refractivity contribution in [2.24, 2.45) is 10.8 Å². The van der Waals surface area contributed by atoms with Gasteiger partial charge >= 0.3 is 12.1 Å². The van der Waals surface area contributed by atoms with Gasteiger partial charge in [0.25, 0.3) is 0 Å². The molecule has 0 radical (unpaired) electrons. The van der Waals surface area contributed by atoms with E-state index in [-0.39, 0.29) is 28.9 Å². The monoisotopic (exact) mass is 452 g/mol. The Morgan fingerprint density at radius 3 is 2.03 bits per heavy atom. The van der Waals surface area contributed by atoms with Crippen LogP contribution in [0.2, 0.25) is 0 Å². The number of hydrogen-bond acceptors (Lipinski definition) is 8. The van der Waals surface area contributed by atoms with E-state index in [0.29, 0.717) is 16.8 Å². The van der Waals surface area contributed by atoms with E-state index in [4.69, 9.17) is 0 Å². The van der Waals surface area contributed by atoms with Crippen molar-refractivity contribution in [2.75, 3.05) is 17.2 Å². The first-order valence-corrected chi connectivity index (χ1v) is 11.4. The Balaban J connectivity index is 1.55. The molecule has 0 aliphatic heterocycles. The Morgan fingerprint density at radius 1 is 0.933 bits per heavy atom. The van der Waals surface area contributed by atoms with Crippen LogP contribution in [0, 0.1) is 24.7 Å². The first-order valence-electron chi connectivity index (χ1n) is 9.75. The van der Waals surface area contributed by atoms with Crippen LogP contribution in [0.3, 0.4) is 0 Å². The number of anilines is 2. The molecule has 2 heterocycles. The minimum atomic E-state index is -0.301. The maximum Gasteiger partial charge on any atom is 0.321 e. The molecule has 2 atom stereocenters. The quantitative estimate of drug-likeness (QED) is 0.548. The normalized spacial score (nSPS) is 22.9. The van der Waals surface area contributed by atoms with E-state index in [0.717, 1.165) is 29.3 Å². The molecule has 2 aromatic heterocycles. The topological polar surface area (TPSA) is 134 Å². The molecule has 0 saturated heterocycles. The van der Waals surface area contributed by atoms with Crippen molar-refractivity contribution in [3.8, 4) is 0 Å². The van der Waals surface area contributed by atoms with Crippen LogP contribution in [0.4, 0.5) is 19.9 Å². The van der Waals surface area contributed by atoms with Gasteiger partial charge in [0.1, 0.15) is 10.0 Å². The molecule has 1 fully saturated rings. The van der Waals surface area contributed by atoms with Crippen LogP contribution in [0.25, 0.3) is 0 Å². The summed E-state index contributed by atoms with van der Waals surface area (Å²) in [5.74, 6) is 0. The van der Waals surface area contributed by atoms with Crippen LogP contribution in [0.1, 0.15) is 50.0 Å². The summed E-state index contributed by atoms with van der Waals surface area (Å²) >= 11 is 2.66. The van der Waals surface area contributed by atoms with Crippen LogP contribution >= 0.6 is 22.7 Å². The molecule has 12 heteroatoms. The van der Waals surface area contributed by atoms with Gasteiger partial charge in [0.05, 0.1) is 0 Å². The van der Waals surface area contributed by atoms with Crippen LogP contribution < -0.4 is 21.3 Å². The minimum Gasteiger partial charge on any atom is -0.337 e. The van der Waals surface area contributed by atoms with Gasteiger partial charge in [-0.3, -0.25) is 10.6 Å². The fraction of sp³-hybridized carbons (Fsp3) is 0.667. The number of nitrogens with one attached hydrogen (secondary N) is 4. The third-order valence-electron chi connectivity index (χ3n) is 4.95. The molecule has 1 aliphatic carbocycles. The SMILES string of the molecule is Cc1nnc(NC(=O)NC[C@@]2(C)C[C@@H](NC(=O)Nc3nnc(C)s3)CC(C)(C)C2)s1. The van der Waals surface area contributed by atoms with Crippen molar-refractivity contribution in [2.45, 2.75) is 59.9 Å². The first kappa shape index (κ1) is 22.3. The molecule has 0 unspecified atom stereocenters. The molecule has 10 nitrogen and oxygen atoms in total. The van der Waals surface area contributed by atoms with Crippen molar-refractivity contribution in [1.29, 1.82) is 0 Å². The molecule has 164 valence electrons. The molecule has 0 bridgehead atoms. The van der Waals surface area contributed by atoms with E-state index in [1.807, 2.05) is 13.8 Å². The van der Waals surface area contributed by atoms with Gasteiger partial charge in [0.15, 0.2) is 0 Å². The van der Waals surface area contributed by atoms with Crippen LogP contribution in [-0.2, 0) is 0 Å². The average molecular weight is 453 g/mol. The highest BCUT2D eigenvalue weighted by Gasteiger charge is 2.42. The summed E-state index contributed by atoms with van der Waals surface area (Å²) in [7, 11) is 0. The molecule has 3 rings (SSSR count). The predicted octanol–water partition coefficient (Wildman–Crippen LogP) is 3.53. The van der Waals surface area contributed by atoms with Gasteiger partial charge in [-0.25, -0.2) is 9.59 Å². The average Bonchev–Trinajstić information content (AvgIpc) is 3.19. The Morgan fingerprint density at radius 2 is 1.50 bits per heavy atom. The number of carbonyl (C=O) groups excluding carboxylic acids is 2.